The fourth-order valence-electron chi connectivity index (χ4n) is 2.13. The minimum atomic E-state index is -0.675. The first-order valence-electron chi connectivity index (χ1n) is 7.14. The van der Waals surface area contributed by atoms with Crippen molar-refractivity contribution in [1.82, 2.24) is 15.0 Å². The van der Waals surface area contributed by atoms with Gasteiger partial charge in [-0.25, -0.2) is 14.4 Å². The van der Waals surface area contributed by atoms with Crippen LogP contribution in [0.15, 0.2) is 60.9 Å². The first-order valence-corrected chi connectivity index (χ1v) is 7.14. The Balaban J connectivity index is 1.71. The molecule has 2 N–H and O–H groups in total. The smallest absolute Gasteiger partial charge is 0.226 e. The summed E-state index contributed by atoms with van der Waals surface area (Å²) in [6, 6.07) is 15.4. The Morgan fingerprint density at radius 1 is 1.04 bits per heavy atom. The zero-order valence-corrected chi connectivity index (χ0v) is 12.2. The lowest BCUT2D eigenvalue weighted by molar-refractivity contribution is 0.191. The lowest BCUT2D eigenvalue weighted by atomic mass is 10.1. The molecule has 23 heavy (non-hydrogen) atoms. The number of nitrogens with one attached hydrogen (secondary N) is 1. The summed E-state index contributed by atoms with van der Waals surface area (Å²) >= 11 is 0. The molecular weight excluding hydrogens is 295 g/mol. The number of aliphatic hydroxyl groups excluding tert-OH is 1. The average Bonchev–Trinajstić information content (AvgIpc) is 2.61. The van der Waals surface area contributed by atoms with Gasteiger partial charge in [-0.3, -0.25) is 0 Å². The van der Waals surface area contributed by atoms with E-state index >= 15 is 0 Å². The molecule has 0 saturated carbocycles. The molecule has 6 heteroatoms. The average molecular weight is 310 g/mol. The SMILES string of the molecule is O[C@H](CNc1ncnc(-c2cccc(F)c2)n1)c1ccccc1. The van der Waals surface area contributed by atoms with Gasteiger partial charge in [-0.2, -0.15) is 4.98 Å². The molecule has 0 fully saturated rings. The van der Waals surface area contributed by atoms with E-state index in [1.807, 2.05) is 30.3 Å². The molecule has 3 rings (SSSR count). The van der Waals surface area contributed by atoms with E-state index in [2.05, 4.69) is 20.3 Å². The summed E-state index contributed by atoms with van der Waals surface area (Å²) in [4.78, 5) is 12.3. The van der Waals surface area contributed by atoms with Gasteiger partial charge in [0.25, 0.3) is 0 Å². The molecule has 0 amide bonds. The summed E-state index contributed by atoms with van der Waals surface area (Å²) in [5, 5.41) is 13.1. The molecule has 3 aromatic rings. The highest BCUT2D eigenvalue weighted by Gasteiger charge is 2.09. The highest BCUT2D eigenvalue weighted by atomic mass is 19.1. The van der Waals surface area contributed by atoms with Crippen molar-refractivity contribution in [3.63, 3.8) is 0 Å². The molecule has 0 radical (unpaired) electrons. The second-order valence-electron chi connectivity index (χ2n) is 4.95. The van der Waals surface area contributed by atoms with E-state index < -0.39 is 6.10 Å². The fraction of sp³-hybridized carbons (Fsp3) is 0.118. The van der Waals surface area contributed by atoms with Crippen LogP contribution in [0, 0.1) is 5.82 Å². The summed E-state index contributed by atoms with van der Waals surface area (Å²) in [7, 11) is 0. The normalized spacial score (nSPS) is 11.9. The Morgan fingerprint density at radius 3 is 2.65 bits per heavy atom. The van der Waals surface area contributed by atoms with Gasteiger partial charge < -0.3 is 10.4 Å². The predicted octanol–water partition coefficient (Wildman–Crippen LogP) is 2.82. The molecule has 0 aliphatic carbocycles. The van der Waals surface area contributed by atoms with Crippen molar-refractivity contribution in [2.24, 2.45) is 0 Å². The lowest BCUT2D eigenvalue weighted by Crippen LogP contribution is -2.14. The minimum Gasteiger partial charge on any atom is -0.387 e. The van der Waals surface area contributed by atoms with Crippen LogP contribution >= 0.6 is 0 Å². The van der Waals surface area contributed by atoms with E-state index in [0.717, 1.165) is 5.56 Å². The van der Waals surface area contributed by atoms with Crippen LogP contribution in [0.25, 0.3) is 11.4 Å². The van der Waals surface area contributed by atoms with Crippen LogP contribution in [0.2, 0.25) is 0 Å². The topological polar surface area (TPSA) is 70.9 Å². The quantitative estimate of drug-likeness (QED) is 0.758. The Labute approximate surface area is 132 Å². The molecule has 1 atom stereocenters. The number of aliphatic hydroxyl groups is 1. The van der Waals surface area contributed by atoms with Gasteiger partial charge in [0.05, 0.1) is 6.10 Å². The van der Waals surface area contributed by atoms with Crippen LogP contribution in [-0.2, 0) is 0 Å². The molecule has 0 unspecified atom stereocenters. The molecule has 0 saturated heterocycles. The number of aromatic nitrogens is 3. The van der Waals surface area contributed by atoms with E-state index in [-0.39, 0.29) is 12.4 Å². The Bertz CT molecular complexity index is 782. The third-order valence-electron chi connectivity index (χ3n) is 3.29. The van der Waals surface area contributed by atoms with Crippen LogP contribution in [0.4, 0.5) is 10.3 Å². The van der Waals surface area contributed by atoms with Crippen molar-refractivity contribution in [1.29, 1.82) is 0 Å². The van der Waals surface area contributed by atoms with E-state index in [1.165, 1.54) is 18.5 Å². The predicted molar refractivity (Wildman–Crippen MR) is 85.1 cm³/mol. The molecule has 0 bridgehead atoms. The van der Waals surface area contributed by atoms with E-state index in [9.17, 15) is 9.50 Å². The monoisotopic (exact) mass is 310 g/mol. The van der Waals surface area contributed by atoms with Gasteiger partial charge in [0.2, 0.25) is 5.95 Å². The second kappa shape index (κ2) is 6.93. The Morgan fingerprint density at radius 2 is 1.87 bits per heavy atom. The van der Waals surface area contributed by atoms with Crippen molar-refractivity contribution in [3.05, 3.63) is 72.3 Å². The summed E-state index contributed by atoms with van der Waals surface area (Å²) in [5.41, 5.74) is 1.37. The van der Waals surface area contributed by atoms with Crippen molar-refractivity contribution in [2.75, 3.05) is 11.9 Å². The van der Waals surface area contributed by atoms with Gasteiger partial charge >= 0.3 is 0 Å². The van der Waals surface area contributed by atoms with Crippen LogP contribution in [0.5, 0.6) is 0 Å². The van der Waals surface area contributed by atoms with Crippen LogP contribution in [0.1, 0.15) is 11.7 Å². The molecule has 116 valence electrons. The Kier molecular flexibility index (Phi) is 4.54. The van der Waals surface area contributed by atoms with E-state index in [0.29, 0.717) is 17.3 Å². The van der Waals surface area contributed by atoms with Crippen LogP contribution in [0.3, 0.4) is 0 Å². The molecule has 2 aromatic carbocycles. The van der Waals surface area contributed by atoms with Gasteiger partial charge in [0.15, 0.2) is 5.82 Å². The maximum atomic E-state index is 13.3. The number of rotatable bonds is 5. The van der Waals surface area contributed by atoms with Crippen molar-refractivity contribution < 1.29 is 9.50 Å². The largest absolute Gasteiger partial charge is 0.387 e. The van der Waals surface area contributed by atoms with Crippen molar-refractivity contribution >= 4 is 5.95 Å². The summed E-state index contributed by atoms with van der Waals surface area (Å²) in [6.45, 7) is 0.261. The Hall–Kier alpha value is -2.86. The maximum Gasteiger partial charge on any atom is 0.226 e. The van der Waals surface area contributed by atoms with Crippen LogP contribution in [-0.4, -0.2) is 26.6 Å². The third kappa shape index (κ3) is 3.87. The first kappa shape index (κ1) is 15.1. The van der Waals surface area contributed by atoms with Gasteiger partial charge in [0.1, 0.15) is 12.1 Å². The van der Waals surface area contributed by atoms with Crippen molar-refractivity contribution in [2.45, 2.75) is 6.10 Å². The molecule has 1 heterocycles. The van der Waals surface area contributed by atoms with Crippen molar-refractivity contribution in [3.8, 4) is 11.4 Å². The zero-order valence-electron chi connectivity index (χ0n) is 12.2. The van der Waals surface area contributed by atoms with E-state index in [4.69, 9.17) is 0 Å². The standard InChI is InChI=1S/C17H15FN4O/c18-14-8-4-7-13(9-14)16-20-11-21-17(22-16)19-10-15(23)12-5-2-1-3-6-12/h1-9,11,15,23H,10H2,(H,19,20,21,22)/t15-/m1/s1. The number of anilines is 1. The molecule has 1 aromatic heterocycles. The summed E-state index contributed by atoms with van der Waals surface area (Å²) in [5.74, 6) is 0.349. The lowest BCUT2D eigenvalue weighted by Gasteiger charge is -2.12. The van der Waals surface area contributed by atoms with E-state index in [1.54, 1.807) is 12.1 Å². The highest BCUT2D eigenvalue weighted by molar-refractivity contribution is 5.55. The maximum absolute atomic E-state index is 13.3. The van der Waals surface area contributed by atoms with Gasteiger partial charge in [-0.05, 0) is 17.7 Å². The molecule has 0 aliphatic rings. The number of benzene rings is 2. The third-order valence-corrected chi connectivity index (χ3v) is 3.29. The van der Waals surface area contributed by atoms with Crippen LogP contribution < -0.4 is 5.32 Å². The molecule has 5 nitrogen and oxygen atoms in total. The summed E-state index contributed by atoms with van der Waals surface area (Å²) in [6.07, 6.45) is 0.676. The highest BCUT2D eigenvalue weighted by Crippen LogP contribution is 2.17. The van der Waals surface area contributed by atoms with Gasteiger partial charge in [-0.15, -0.1) is 0 Å². The number of halogens is 1. The number of nitrogens with zero attached hydrogens (tertiary/aromatic N) is 3. The zero-order chi connectivity index (χ0) is 16.1. The molecule has 0 spiro atoms. The number of hydrogen-bond acceptors (Lipinski definition) is 5. The molecule has 0 aliphatic heterocycles. The minimum absolute atomic E-state index is 0.261. The fourth-order valence-corrected chi connectivity index (χ4v) is 2.13. The van der Waals surface area contributed by atoms with Gasteiger partial charge in [-0.1, -0.05) is 42.5 Å². The molecular formula is C17H15FN4O. The van der Waals surface area contributed by atoms with Gasteiger partial charge in [0, 0.05) is 12.1 Å². The summed E-state index contributed by atoms with van der Waals surface area (Å²) < 4.78 is 13.3. The number of hydrogen-bond donors (Lipinski definition) is 2. The first-order chi connectivity index (χ1) is 11.2. The second-order valence-corrected chi connectivity index (χ2v) is 4.95.